The van der Waals surface area contributed by atoms with E-state index in [1.165, 1.54) is 0 Å². The molecule has 0 fully saturated rings. The van der Waals surface area contributed by atoms with Gasteiger partial charge in [0.05, 0.1) is 17.7 Å². The van der Waals surface area contributed by atoms with Crippen molar-refractivity contribution < 1.29 is 4.42 Å². The third-order valence-corrected chi connectivity index (χ3v) is 3.57. The molecule has 86 valence electrons. The topological polar surface area (TPSA) is 46.8 Å². The molecule has 0 radical (unpaired) electrons. The number of hydrogen-bond acceptors (Lipinski definition) is 4. The summed E-state index contributed by atoms with van der Waals surface area (Å²) in [5.74, 6) is 1.71. The highest BCUT2D eigenvalue weighted by Gasteiger charge is 2.10. The lowest BCUT2D eigenvalue weighted by atomic mass is 10.4. The van der Waals surface area contributed by atoms with Crippen LogP contribution >= 0.6 is 23.6 Å². The number of furan rings is 1. The largest absolute Gasteiger partial charge is 0.467 e. The first-order chi connectivity index (χ1) is 8.34. The second kappa shape index (κ2) is 4.31. The van der Waals surface area contributed by atoms with Gasteiger partial charge >= 0.3 is 0 Å². The highest BCUT2D eigenvalue weighted by molar-refractivity contribution is 7.71. The predicted octanol–water partition coefficient (Wildman–Crippen LogP) is 3.31. The molecule has 0 aliphatic carbocycles. The molecule has 0 bridgehead atoms. The van der Waals surface area contributed by atoms with Crippen LogP contribution in [0.3, 0.4) is 0 Å². The zero-order chi connectivity index (χ0) is 11.7. The van der Waals surface area contributed by atoms with Crippen LogP contribution in [0.5, 0.6) is 0 Å². The summed E-state index contributed by atoms with van der Waals surface area (Å²) in [6, 6.07) is 7.81. The van der Waals surface area contributed by atoms with E-state index in [0.29, 0.717) is 11.3 Å². The number of aromatic nitrogens is 3. The number of nitrogens with one attached hydrogen (secondary N) is 1. The molecule has 3 aromatic rings. The molecule has 0 unspecified atom stereocenters. The van der Waals surface area contributed by atoms with E-state index in [1.54, 1.807) is 17.6 Å². The number of rotatable bonds is 3. The molecule has 0 aliphatic heterocycles. The SMILES string of the molecule is S=c1[nH]nc(-c2cccs2)n1Cc1ccco1. The Bertz CT molecular complexity index is 649. The van der Waals surface area contributed by atoms with Crippen LogP contribution in [0.25, 0.3) is 10.7 Å². The summed E-state index contributed by atoms with van der Waals surface area (Å²) < 4.78 is 7.86. The molecule has 3 aromatic heterocycles. The van der Waals surface area contributed by atoms with Gasteiger partial charge in [0.2, 0.25) is 0 Å². The van der Waals surface area contributed by atoms with Gasteiger partial charge in [0.25, 0.3) is 0 Å². The Morgan fingerprint density at radius 3 is 3.06 bits per heavy atom. The minimum atomic E-state index is 0.593. The van der Waals surface area contributed by atoms with Crippen molar-refractivity contribution in [2.75, 3.05) is 0 Å². The van der Waals surface area contributed by atoms with Crippen LogP contribution in [-0.4, -0.2) is 14.8 Å². The van der Waals surface area contributed by atoms with Crippen LogP contribution in [0.1, 0.15) is 5.76 Å². The van der Waals surface area contributed by atoms with E-state index in [1.807, 2.05) is 34.2 Å². The molecule has 0 saturated heterocycles. The van der Waals surface area contributed by atoms with Crippen LogP contribution in [0.2, 0.25) is 0 Å². The molecule has 0 atom stereocenters. The number of aromatic amines is 1. The van der Waals surface area contributed by atoms with Gasteiger partial charge in [-0.2, -0.15) is 5.10 Å². The number of hydrogen-bond donors (Lipinski definition) is 1. The molecule has 0 aliphatic rings. The van der Waals surface area contributed by atoms with Gasteiger partial charge in [-0.1, -0.05) is 6.07 Å². The van der Waals surface area contributed by atoms with Crippen molar-refractivity contribution in [3.63, 3.8) is 0 Å². The molecule has 0 amide bonds. The fourth-order valence-corrected chi connectivity index (χ4v) is 2.54. The molecule has 4 nitrogen and oxygen atoms in total. The number of thiophene rings is 1. The molecule has 3 rings (SSSR count). The van der Waals surface area contributed by atoms with Gasteiger partial charge in [-0.05, 0) is 35.8 Å². The lowest BCUT2D eigenvalue weighted by molar-refractivity contribution is 0.493. The molecule has 6 heteroatoms. The van der Waals surface area contributed by atoms with Gasteiger partial charge < -0.3 is 4.42 Å². The van der Waals surface area contributed by atoms with Gasteiger partial charge in [-0.3, -0.25) is 9.67 Å². The minimum absolute atomic E-state index is 0.593. The van der Waals surface area contributed by atoms with Gasteiger partial charge in [0.1, 0.15) is 5.76 Å². The number of H-pyrrole nitrogens is 1. The van der Waals surface area contributed by atoms with Crippen molar-refractivity contribution in [2.45, 2.75) is 6.54 Å². The van der Waals surface area contributed by atoms with Crippen LogP contribution < -0.4 is 0 Å². The number of nitrogens with zero attached hydrogens (tertiary/aromatic N) is 2. The molecule has 3 heterocycles. The zero-order valence-electron chi connectivity index (χ0n) is 8.79. The van der Waals surface area contributed by atoms with Gasteiger partial charge in [0.15, 0.2) is 10.6 Å². The van der Waals surface area contributed by atoms with E-state index in [4.69, 9.17) is 16.6 Å². The Morgan fingerprint density at radius 2 is 2.35 bits per heavy atom. The lowest BCUT2D eigenvalue weighted by Gasteiger charge is -2.02. The normalized spacial score (nSPS) is 10.8. The second-order valence-corrected chi connectivity index (χ2v) is 4.83. The quantitative estimate of drug-likeness (QED) is 0.737. The van der Waals surface area contributed by atoms with E-state index < -0.39 is 0 Å². The minimum Gasteiger partial charge on any atom is -0.467 e. The van der Waals surface area contributed by atoms with E-state index in [-0.39, 0.29) is 0 Å². The smallest absolute Gasteiger partial charge is 0.195 e. The highest BCUT2D eigenvalue weighted by Crippen LogP contribution is 2.23. The molecular weight excluding hydrogens is 254 g/mol. The first-order valence-corrected chi connectivity index (χ1v) is 6.35. The maximum atomic E-state index is 5.33. The standard InChI is InChI=1S/C11H9N3OS2/c16-11-13-12-10(9-4-2-6-17-9)14(11)7-8-3-1-5-15-8/h1-6H,7H2,(H,13,16). The fraction of sp³-hybridized carbons (Fsp3) is 0.0909. The molecule has 0 spiro atoms. The first kappa shape index (κ1) is 10.5. The van der Waals surface area contributed by atoms with Crippen molar-refractivity contribution in [3.05, 3.63) is 46.4 Å². The molecule has 1 N–H and O–H groups in total. The van der Waals surface area contributed by atoms with Crippen LogP contribution in [0.15, 0.2) is 40.3 Å². The predicted molar refractivity (Wildman–Crippen MR) is 68.5 cm³/mol. The summed E-state index contributed by atoms with van der Waals surface area (Å²) in [5.41, 5.74) is 0. The maximum Gasteiger partial charge on any atom is 0.195 e. The molecule has 17 heavy (non-hydrogen) atoms. The van der Waals surface area contributed by atoms with E-state index in [9.17, 15) is 0 Å². The molecule has 0 saturated carbocycles. The summed E-state index contributed by atoms with van der Waals surface area (Å²) >= 11 is 6.86. The Kier molecular flexibility index (Phi) is 2.66. The van der Waals surface area contributed by atoms with Crippen LogP contribution in [-0.2, 0) is 6.54 Å². The van der Waals surface area contributed by atoms with Crippen LogP contribution in [0.4, 0.5) is 0 Å². The Labute approximate surface area is 107 Å². The maximum absolute atomic E-state index is 5.33. The Balaban J connectivity index is 2.04. The van der Waals surface area contributed by atoms with E-state index >= 15 is 0 Å². The Hall–Kier alpha value is -1.66. The van der Waals surface area contributed by atoms with Crippen molar-refractivity contribution in [1.29, 1.82) is 0 Å². The van der Waals surface area contributed by atoms with Crippen molar-refractivity contribution in [2.24, 2.45) is 0 Å². The molecule has 0 aromatic carbocycles. The van der Waals surface area contributed by atoms with E-state index in [2.05, 4.69) is 10.2 Å². The van der Waals surface area contributed by atoms with Gasteiger partial charge in [-0.15, -0.1) is 11.3 Å². The van der Waals surface area contributed by atoms with Crippen LogP contribution in [0, 0.1) is 4.77 Å². The third-order valence-electron chi connectivity index (χ3n) is 2.39. The fourth-order valence-electron chi connectivity index (χ4n) is 1.62. The average molecular weight is 263 g/mol. The monoisotopic (exact) mass is 263 g/mol. The summed E-state index contributed by atoms with van der Waals surface area (Å²) in [6.07, 6.45) is 1.66. The first-order valence-electron chi connectivity index (χ1n) is 5.06. The third kappa shape index (κ3) is 1.96. The van der Waals surface area contributed by atoms with Crippen molar-refractivity contribution in [1.82, 2.24) is 14.8 Å². The highest BCUT2D eigenvalue weighted by atomic mass is 32.1. The zero-order valence-corrected chi connectivity index (χ0v) is 10.4. The Morgan fingerprint density at radius 1 is 1.41 bits per heavy atom. The molecular formula is C11H9N3OS2. The van der Waals surface area contributed by atoms with E-state index in [0.717, 1.165) is 16.5 Å². The average Bonchev–Trinajstić information content (AvgIpc) is 3.03. The summed E-state index contributed by atoms with van der Waals surface area (Å²) in [5, 5.41) is 9.09. The second-order valence-electron chi connectivity index (χ2n) is 3.50. The summed E-state index contributed by atoms with van der Waals surface area (Å²) in [7, 11) is 0. The lowest BCUT2D eigenvalue weighted by Crippen LogP contribution is -2.00. The van der Waals surface area contributed by atoms with Gasteiger partial charge in [0, 0.05) is 0 Å². The summed E-state index contributed by atoms with van der Waals surface area (Å²) in [6.45, 7) is 0.593. The van der Waals surface area contributed by atoms with Crippen molar-refractivity contribution in [3.8, 4) is 10.7 Å². The van der Waals surface area contributed by atoms with Crippen molar-refractivity contribution >= 4 is 23.6 Å². The summed E-state index contributed by atoms with van der Waals surface area (Å²) in [4.78, 5) is 1.09. The van der Waals surface area contributed by atoms with Gasteiger partial charge in [-0.25, -0.2) is 0 Å².